The first kappa shape index (κ1) is 21.0. The third-order valence-corrected chi connectivity index (χ3v) is 6.11. The predicted octanol–water partition coefficient (Wildman–Crippen LogP) is 6.28. The molecule has 1 aliphatic heterocycles. The fourth-order valence-corrected chi connectivity index (χ4v) is 4.11. The van der Waals surface area contributed by atoms with Gasteiger partial charge < -0.3 is 4.74 Å². The molecule has 0 amide bonds. The summed E-state index contributed by atoms with van der Waals surface area (Å²) in [7, 11) is 0.314. The van der Waals surface area contributed by atoms with Crippen LogP contribution >= 0.6 is 0 Å². The standard InChI is InChI=1S/C27H28N2OSi/c1-30-25-16-14-23(15-17-25)27-20-26(28-29(27)24-8-6-5-7-9-24)22-12-10-21(11-13-22)18-19-31(2,3)4/h5-17,27H,20H2,1-4H3. The molecule has 0 fully saturated rings. The molecule has 0 saturated carbocycles. The second-order valence-electron chi connectivity index (χ2n) is 8.80. The number of methoxy groups -OCH3 is 1. The van der Waals surface area contributed by atoms with Crippen LogP contribution in [-0.4, -0.2) is 20.9 Å². The molecule has 3 aromatic carbocycles. The minimum Gasteiger partial charge on any atom is -0.497 e. The molecule has 1 atom stereocenters. The quantitative estimate of drug-likeness (QED) is 0.364. The highest BCUT2D eigenvalue weighted by molar-refractivity contribution is 6.83. The maximum absolute atomic E-state index is 5.33. The molecule has 3 aromatic rings. The van der Waals surface area contributed by atoms with Crippen molar-refractivity contribution in [1.82, 2.24) is 0 Å². The number of hydrogen-bond donors (Lipinski definition) is 0. The van der Waals surface area contributed by atoms with E-state index < -0.39 is 8.07 Å². The third-order valence-electron chi connectivity index (χ3n) is 5.23. The lowest BCUT2D eigenvalue weighted by atomic mass is 9.97. The Labute approximate surface area is 186 Å². The van der Waals surface area contributed by atoms with Gasteiger partial charge in [0, 0.05) is 12.0 Å². The Hall–Kier alpha value is -3.29. The van der Waals surface area contributed by atoms with Gasteiger partial charge in [0.05, 0.1) is 24.6 Å². The molecule has 1 aliphatic rings. The summed E-state index contributed by atoms with van der Waals surface area (Å²) >= 11 is 0. The number of ether oxygens (including phenoxy) is 1. The minimum absolute atomic E-state index is 0.148. The van der Waals surface area contributed by atoms with E-state index in [-0.39, 0.29) is 6.04 Å². The second-order valence-corrected chi connectivity index (χ2v) is 13.5. The van der Waals surface area contributed by atoms with Crippen molar-refractivity contribution in [3.63, 3.8) is 0 Å². The Kier molecular flexibility index (Phi) is 5.97. The van der Waals surface area contributed by atoms with Gasteiger partial charge in [-0.3, -0.25) is 5.01 Å². The van der Waals surface area contributed by atoms with Crippen LogP contribution in [0.2, 0.25) is 19.6 Å². The summed E-state index contributed by atoms with van der Waals surface area (Å²) in [6.07, 6.45) is 0.848. The lowest BCUT2D eigenvalue weighted by molar-refractivity contribution is 0.414. The smallest absolute Gasteiger partial charge is 0.129 e. The fraction of sp³-hybridized carbons (Fsp3) is 0.222. The van der Waals surface area contributed by atoms with E-state index in [9.17, 15) is 0 Å². The SMILES string of the molecule is COc1ccc(C2CC(c3ccc(C#C[Si](C)(C)C)cc3)=NN2c2ccccc2)cc1. The van der Waals surface area contributed by atoms with Gasteiger partial charge in [0.15, 0.2) is 0 Å². The number of rotatable bonds is 4. The van der Waals surface area contributed by atoms with E-state index in [1.807, 2.05) is 18.2 Å². The van der Waals surface area contributed by atoms with Gasteiger partial charge in [-0.15, -0.1) is 5.54 Å². The average molecular weight is 425 g/mol. The Morgan fingerprint density at radius 1 is 0.903 bits per heavy atom. The van der Waals surface area contributed by atoms with Crippen molar-refractivity contribution in [3.05, 3.63) is 95.6 Å². The monoisotopic (exact) mass is 424 g/mol. The summed E-state index contributed by atoms with van der Waals surface area (Å²) in [5.74, 6) is 4.20. The summed E-state index contributed by atoms with van der Waals surface area (Å²) < 4.78 is 5.33. The number of anilines is 1. The molecule has 156 valence electrons. The Balaban J connectivity index is 1.64. The maximum atomic E-state index is 5.33. The van der Waals surface area contributed by atoms with Gasteiger partial charge in [0.1, 0.15) is 13.8 Å². The van der Waals surface area contributed by atoms with Crippen LogP contribution in [0.5, 0.6) is 5.75 Å². The van der Waals surface area contributed by atoms with E-state index in [0.717, 1.165) is 34.7 Å². The summed E-state index contributed by atoms with van der Waals surface area (Å²) in [6, 6.07) is 27.3. The molecule has 31 heavy (non-hydrogen) atoms. The molecule has 1 unspecified atom stereocenters. The lowest BCUT2D eigenvalue weighted by Crippen LogP contribution is -2.18. The molecular formula is C27H28N2OSi. The van der Waals surface area contributed by atoms with Gasteiger partial charge in [-0.2, -0.15) is 5.10 Å². The first-order chi connectivity index (χ1) is 14.9. The van der Waals surface area contributed by atoms with Crippen molar-refractivity contribution < 1.29 is 4.74 Å². The Bertz CT molecular complexity index is 1120. The van der Waals surface area contributed by atoms with Gasteiger partial charge in [-0.25, -0.2) is 0 Å². The molecule has 4 heteroatoms. The number of para-hydroxylation sites is 1. The normalized spacial score (nSPS) is 15.8. The number of hydrogen-bond acceptors (Lipinski definition) is 3. The van der Waals surface area contributed by atoms with Crippen LogP contribution in [-0.2, 0) is 0 Å². The molecular weight excluding hydrogens is 396 g/mol. The van der Waals surface area contributed by atoms with Crippen molar-refractivity contribution in [1.29, 1.82) is 0 Å². The first-order valence-electron chi connectivity index (χ1n) is 10.6. The van der Waals surface area contributed by atoms with Crippen molar-refractivity contribution in [3.8, 4) is 17.2 Å². The average Bonchev–Trinajstić information content (AvgIpc) is 3.24. The van der Waals surface area contributed by atoms with Gasteiger partial charge >= 0.3 is 0 Å². The Morgan fingerprint density at radius 3 is 2.19 bits per heavy atom. The number of nitrogens with zero attached hydrogens (tertiary/aromatic N) is 2. The second kappa shape index (κ2) is 8.83. The van der Waals surface area contributed by atoms with Crippen molar-refractivity contribution in [2.45, 2.75) is 32.1 Å². The fourth-order valence-electron chi connectivity index (χ4n) is 3.59. The van der Waals surface area contributed by atoms with E-state index in [1.165, 1.54) is 5.56 Å². The van der Waals surface area contributed by atoms with E-state index in [1.54, 1.807) is 7.11 Å². The summed E-state index contributed by atoms with van der Waals surface area (Å²) in [6.45, 7) is 6.79. The van der Waals surface area contributed by atoms with Gasteiger partial charge in [0.2, 0.25) is 0 Å². The van der Waals surface area contributed by atoms with Gasteiger partial charge in [-0.1, -0.05) is 68.0 Å². The molecule has 0 bridgehead atoms. The third kappa shape index (κ3) is 5.07. The highest BCUT2D eigenvalue weighted by Gasteiger charge is 2.29. The van der Waals surface area contributed by atoms with Crippen LogP contribution < -0.4 is 9.75 Å². The molecule has 1 heterocycles. The first-order valence-corrected chi connectivity index (χ1v) is 14.1. The van der Waals surface area contributed by atoms with Gasteiger partial charge in [-0.05, 0) is 47.5 Å². The van der Waals surface area contributed by atoms with Crippen LogP contribution in [0.3, 0.4) is 0 Å². The predicted molar refractivity (Wildman–Crippen MR) is 132 cm³/mol. The summed E-state index contributed by atoms with van der Waals surface area (Å²) in [5, 5.41) is 7.17. The molecule has 0 aliphatic carbocycles. The highest BCUT2D eigenvalue weighted by atomic mass is 28.3. The topological polar surface area (TPSA) is 24.8 Å². The molecule has 3 nitrogen and oxygen atoms in total. The van der Waals surface area contributed by atoms with E-state index in [0.29, 0.717) is 0 Å². The Morgan fingerprint density at radius 2 is 1.58 bits per heavy atom. The minimum atomic E-state index is -1.38. The van der Waals surface area contributed by atoms with Crippen LogP contribution in [0.1, 0.15) is 29.2 Å². The highest BCUT2D eigenvalue weighted by Crippen LogP contribution is 2.37. The van der Waals surface area contributed by atoms with E-state index in [4.69, 9.17) is 9.84 Å². The summed E-state index contributed by atoms with van der Waals surface area (Å²) in [4.78, 5) is 0. The zero-order chi connectivity index (χ0) is 21.8. The largest absolute Gasteiger partial charge is 0.497 e. The molecule has 0 radical (unpaired) electrons. The number of benzene rings is 3. The van der Waals surface area contributed by atoms with Crippen LogP contribution in [0.25, 0.3) is 0 Å². The molecule has 0 saturated heterocycles. The van der Waals surface area contributed by atoms with Crippen LogP contribution in [0, 0.1) is 11.5 Å². The lowest BCUT2D eigenvalue weighted by Gasteiger charge is -2.24. The molecule has 0 N–H and O–H groups in total. The molecule has 0 spiro atoms. The van der Waals surface area contributed by atoms with Crippen molar-refractivity contribution in [2.24, 2.45) is 5.10 Å². The van der Waals surface area contributed by atoms with Crippen LogP contribution in [0.15, 0.2) is 84.0 Å². The molecule has 4 rings (SSSR count). The van der Waals surface area contributed by atoms with Crippen molar-refractivity contribution in [2.75, 3.05) is 12.1 Å². The zero-order valence-corrected chi connectivity index (χ0v) is 19.6. The summed E-state index contributed by atoms with van der Waals surface area (Å²) in [5.41, 5.74) is 9.06. The zero-order valence-electron chi connectivity index (χ0n) is 18.6. The van der Waals surface area contributed by atoms with Crippen molar-refractivity contribution >= 4 is 19.5 Å². The van der Waals surface area contributed by atoms with E-state index in [2.05, 4.69) is 96.8 Å². The van der Waals surface area contributed by atoms with E-state index >= 15 is 0 Å². The number of hydrazone groups is 1. The van der Waals surface area contributed by atoms with Gasteiger partial charge in [0.25, 0.3) is 0 Å². The maximum Gasteiger partial charge on any atom is 0.129 e. The van der Waals surface area contributed by atoms with Crippen LogP contribution in [0.4, 0.5) is 5.69 Å². The molecule has 0 aromatic heterocycles.